The molecule has 0 bridgehead atoms. The van der Waals surface area contributed by atoms with Crippen molar-refractivity contribution in [1.29, 1.82) is 0 Å². The molecule has 3 aromatic rings. The molecule has 0 aliphatic heterocycles. The van der Waals surface area contributed by atoms with E-state index in [-0.39, 0.29) is 24.4 Å². The molecule has 1 aromatic heterocycles. The van der Waals surface area contributed by atoms with Gasteiger partial charge in [0.2, 0.25) is 5.91 Å². The molecule has 174 valence electrons. The van der Waals surface area contributed by atoms with Crippen molar-refractivity contribution in [3.05, 3.63) is 71.2 Å². The summed E-state index contributed by atoms with van der Waals surface area (Å²) in [5, 5.41) is 10.5. The predicted molar refractivity (Wildman–Crippen MR) is 124 cm³/mol. The maximum atomic E-state index is 14.1. The van der Waals surface area contributed by atoms with Crippen molar-refractivity contribution < 1.29 is 23.8 Å². The smallest absolute Gasteiger partial charge is 0.326 e. The summed E-state index contributed by atoms with van der Waals surface area (Å²) in [6, 6.07) is 13.4. The third-order valence-electron chi connectivity index (χ3n) is 6.60. The number of nitrogens with zero attached hydrogens (tertiary/aromatic N) is 2. The molecule has 0 spiro atoms. The lowest BCUT2D eigenvalue weighted by Crippen LogP contribution is -2.42. The topological polar surface area (TPSA) is 71.8 Å². The van der Waals surface area contributed by atoms with Crippen molar-refractivity contribution in [2.45, 2.75) is 51.3 Å². The van der Waals surface area contributed by atoms with Crippen LogP contribution in [0.15, 0.2) is 48.5 Å². The summed E-state index contributed by atoms with van der Waals surface area (Å²) in [5.74, 6) is -1.36. The van der Waals surface area contributed by atoms with Crippen LogP contribution in [0.1, 0.15) is 42.6 Å². The van der Waals surface area contributed by atoms with Gasteiger partial charge in [-0.05, 0) is 55.0 Å². The second kappa shape index (κ2) is 9.75. The molecule has 33 heavy (non-hydrogen) atoms. The molecule has 1 heterocycles. The van der Waals surface area contributed by atoms with Gasteiger partial charge >= 0.3 is 5.97 Å². The molecule has 0 fully saturated rings. The van der Waals surface area contributed by atoms with E-state index in [1.165, 1.54) is 12.1 Å². The van der Waals surface area contributed by atoms with Crippen molar-refractivity contribution in [3.63, 3.8) is 0 Å². The van der Waals surface area contributed by atoms with E-state index in [0.29, 0.717) is 32.3 Å². The Hall–Kier alpha value is -3.19. The normalized spacial score (nSPS) is 16.4. The van der Waals surface area contributed by atoms with Crippen molar-refractivity contribution in [1.82, 2.24) is 9.47 Å². The van der Waals surface area contributed by atoms with E-state index in [1.54, 1.807) is 18.0 Å². The summed E-state index contributed by atoms with van der Waals surface area (Å²) < 4.78 is 21.6. The largest absolute Gasteiger partial charge is 0.480 e. The van der Waals surface area contributed by atoms with Crippen LogP contribution >= 0.6 is 0 Å². The molecule has 1 amide bonds. The van der Waals surface area contributed by atoms with Crippen molar-refractivity contribution in [2.75, 3.05) is 13.7 Å². The highest BCUT2D eigenvalue weighted by atomic mass is 19.1. The standard InChI is InChI=1S/C26H29FN2O4/c1-3-22(26(31)32)29-23-11-9-18(27)13-20(23)21-14-19(10-12-24(21)29)28(2)25(30)16-33-15-17-7-5-4-6-8-17/h4-9,11,13,19,22H,3,10,12,14-16H2,1-2H3,(H,31,32)/t19-,22?/m0/s1. The van der Waals surface area contributed by atoms with Gasteiger partial charge in [0.25, 0.3) is 0 Å². The Balaban J connectivity index is 1.54. The van der Waals surface area contributed by atoms with Gasteiger partial charge in [0.05, 0.1) is 6.61 Å². The summed E-state index contributed by atoms with van der Waals surface area (Å²) in [7, 11) is 1.77. The number of hydrogen-bond acceptors (Lipinski definition) is 3. The van der Waals surface area contributed by atoms with Gasteiger partial charge in [-0.2, -0.15) is 0 Å². The summed E-state index contributed by atoms with van der Waals surface area (Å²) in [6.07, 6.45) is 2.33. The van der Waals surface area contributed by atoms with Gasteiger partial charge in [-0.1, -0.05) is 37.3 Å². The second-order valence-corrected chi connectivity index (χ2v) is 8.60. The van der Waals surface area contributed by atoms with Gasteiger partial charge in [-0.25, -0.2) is 9.18 Å². The summed E-state index contributed by atoms with van der Waals surface area (Å²) in [5.41, 5.74) is 3.61. The van der Waals surface area contributed by atoms with Crippen LogP contribution < -0.4 is 0 Å². The van der Waals surface area contributed by atoms with Crippen LogP contribution in [0.2, 0.25) is 0 Å². The minimum Gasteiger partial charge on any atom is -0.480 e. The third-order valence-corrected chi connectivity index (χ3v) is 6.60. The maximum absolute atomic E-state index is 14.1. The van der Waals surface area contributed by atoms with Gasteiger partial charge in [0, 0.05) is 29.7 Å². The van der Waals surface area contributed by atoms with Gasteiger partial charge in [-0.15, -0.1) is 0 Å². The summed E-state index contributed by atoms with van der Waals surface area (Å²) >= 11 is 0. The Morgan fingerprint density at radius 3 is 2.70 bits per heavy atom. The molecular weight excluding hydrogens is 423 g/mol. The Kier molecular flexibility index (Phi) is 6.79. The zero-order valence-electron chi connectivity index (χ0n) is 19.0. The molecule has 0 radical (unpaired) electrons. The SMILES string of the molecule is CCC(C(=O)O)n1c2c(c3cc(F)ccc31)C[C@@H](N(C)C(=O)COCc1ccccc1)CC2. The minimum atomic E-state index is -0.897. The molecule has 0 saturated carbocycles. The molecule has 1 aliphatic carbocycles. The van der Waals surface area contributed by atoms with Crippen molar-refractivity contribution in [3.8, 4) is 0 Å². The summed E-state index contributed by atoms with van der Waals surface area (Å²) in [4.78, 5) is 26.4. The average molecular weight is 453 g/mol. The number of carbonyl (C=O) groups excluding carboxylic acids is 1. The number of amides is 1. The second-order valence-electron chi connectivity index (χ2n) is 8.60. The van der Waals surface area contributed by atoms with E-state index < -0.39 is 12.0 Å². The molecule has 1 aliphatic rings. The number of fused-ring (bicyclic) bond motifs is 3. The van der Waals surface area contributed by atoms with Crippen molar-refractivity contribution >= 4 is 22.8 Å². The van der Waals surface area contributed by atoms with Crippen LogP contribution in [-0.2, 0) is 33.8 Å². The van der Waals surface area contributed by atoms with Crippen LogP contribution in [0.25, 0.3) is 10.9 Å². The van der Waals surface area contributed by atoms with Crippen LogP contribution in [-0.4, -0.2) is 46.1 Å². The molecule has 1 unspecified atom stereocenters. The number of carbonyl (C=O) groups is 2. The lowest BCUT2D eigenvalue weighted by atomic mass is 9.90. The quantitative estimate of drug-likeness (QED) is 0.552. The number of rotatable bonds is 8. The fourth-order valence-corrected chi connectivity index (χ4v) is 4.84. The minimum absolute atomic E-state index is 0.0118. The first kappa shape index (κ1) is 23.0. The number of aliphatic carboxylic acids is 1. The number of aromatic nitrogens is 1. The monoisotopic (exact) mass is 452 g/mol. The fourth-order valence-electron chi connectivity index (χ4n) is 4.84. The predicted octanol–water partition coefficient (Wildman–Crippen LogP) is 4.35. The first-order valence-electron chi connectivity index (χ1n) is 11.3. The number of halogens is 1. The summed E-state index contributed by atoms with van der Waals surface area (Å²) in [6.45, 7) is 2.20. The molecule has 6 nitrogen and oxygen atoms in total. The van der Waals surface area contributed by atoms with Crippen LogP contribution in [0.5, 0.6) is 0 Å². The van der Waals surface area contributed by atoms with E-state index in [4.69, 9.17) is 4.74 Å². The Morgan fingerprint density at radius 1 is 1.24 bits per heavy atom. The number of likely N-dealkylation sites (N-methyl/N-ethyl adjacent to an activating group) is 1. The van der Waals surface area contributed by atoms with Gasteiger partial charge in [-0.3, -0.25) is 4.79 Å². The number of ether oxygens (including phenoxy) is 1. The Bertz CT molecular complexity index is 1160. The van der Waals surface area contributed by atoms with Gasteiger partial charge < -0.3 is 19.3 Å². The number of hydrogen-bond donors (Lipinski definition) is 1. The molecule has 7 heteroatoms. The number of carboxylic acid groups (broad SMARTS) is 1. The molecule has 1 N–H and O–H groups in total. The average Bonchev–Trinajstić information content (AvgIpc) is 3.12. The number of carboxylic acids is 1. The Labute approximate surface area is 192 Å². The first-order chi connectivity index (χ1) is 15.9. The lowest BCUT2D eigenvalue weighted by Gasteiger charge is -2.32. The third kappa shape index (κ3) is 4.64. The van der Waals surface area contributed by atoms with E-state index in [0.717, 1.165) is 27.7 Å². The fraction of sp³-hybridized carbons (Fsp3) is 0.385. The van der Waals surface area contributed by atoms with Crippen LogP contribution in [0.4, 0.5) is 4.39 Å². The maximum Gasteiger partial charge on any atom is 0.326 e. The zero-order chi connectivity index (χ0) is 23.5. The Morgan fingerprint density at radius 2 is 2.00 bits per heavy atom. The van der Waals surface area contributed by atoms with Crippen molar-refractivity contribution in [2.24, 2.45) is 0 Å². The highest BCUT2D eigenvalue weighted by molar-refractivity contribution is 5.88. The lowest BCUT2D eigenvalue weighted by molar-refractivity contribution is -0.141. The zero-order valence-corrected chi connectivity index (χ0v) is 19.0. The van der Waals surface area contributed by atoms with E-state index in [1.807, 2.05) is 41.8 Å². The first-order valence-corrected chi connectivity index (χ1v) is 11.3. The number of benzene rings is 2. The molecule has 2 atom stereocenters. The molecule has 2 aromatic carbocycles. The molecule has 0 saturated heterocycles. The highest BCUT2D eigenvalue weighted by Gasteiger charge is 2.32. The van der Waals surface area contributed by atoms with Gasteiger partial charge in [0.15, 0.2) is 0 Å². The molecular formula is C26H29FN2O4. The van der Waals surface area contributed by atoms with Gasteiger partial charge in [0.1, 0.15) is 18.5 Å². The van der Waals surface area contributed by atoms with Crippen LogP contribution in [0, 0.1) is 5.82 Å². The van der Waals surface area contributed by atoms with E-state index in [9.17, 15) is 19.1 Å². The van der Waals surface area contributed by atoms with Crippen LogP contribution in [0.3, 0.4) is 0 Å². The van der Waals surface area contributed by atoms with E-state index >= 15 is 0 Å². The van der Waals surface area contributed by atoms with E-state index in [2.05, 4.69) is 0 Å². The highest BCUT2D eigenvalue weighted by Crippen LogP contribution is 2.37. The molecule has 4 rings (SSSR count).